The molecule has 0 bridgehead atoms. The summed E-state index contributed by atoms with van der Waals surface area (Å²) in [6.45, 7) is 7.39. The van der Waals surface area contributed by atoms with Crippen molar-refractivity contribution in [2.75, 3.05) is 39.8 Å². The molecule has 0 radical (unpaired) electrons. The first kappa shape index (κ1) is 13.8. The van der Waals surface area contributed by atoms with E-state index in [1.54, 1.807) is 0 Å². The molecule has 1 atom stereocenters. The molecule has 1 saturated carbocycles. The first-order chi connectivity index (χ1) is 8.66. The second-order valence-corrected chi connectivity index (χ2v) is 5.98. The van der Waals surface area contributed by atoms with Crippen LogP contribution in [0.1, 0.15) is 32.6 Å². The summed E-state index contributed by atoms with van der Waals surface area (Å²) >= 11 is 0. The standard InChI is InChI=1S/C14H27N3O/c1-12(11-17-7-3-4-8-17)9-15-10-14(18)16(2)13-5-6-13/h12-13,15H,3-11H2,1-2H3. The lowest BCUT2D eigenvalue weighted by Gasteiger charge is -2.21. The second-order valence-electron chi connectivity index (χ2n) is 5.98. The zero-order chi connectivity index (χ0) is 13.0. The fourth-order valence-electron chi connectivity index (χ4n) is 2.69. The van der Waals surface area contributed by atoms with E-state index < -0.39 is 0 Å². The third kappa shape index (κ3) is 4.25. The van der Waals surface area contributed by atoms with Gasteiger partial charge in [0.2, 0.25) is 5.91 Å². The van der Waals surface area contributed by atoms with Crippen molar-refractivity contribution in [3.63, 3.8) is 0 Å². The second kappa shape index (κ2) is 6.53. The van der Waals surface area contributed by atoms with Crippen LogP contribution in [0.2, 0.25) is 0 Å². The molecule has 104 valence electrons. The molecule has 1 amide bonds. The van der Waals surface area contributed by atoms with Crippen molar-refractivity contribution in [1.82, 2.24) is 15.1 Å². The van der Waals surface area contributed by atoms with Gasteiger partial charge in [-0.05, 0) is 51.2 Å². The van der Waals surface area contributed by atoms with E-state index in [-0.39, 0.29) is 5.91 Å². The average Bonchev–Trinajstić information content (AvgIpc) is 3.07. The summed E-state index contributed by atoms with van der Waals surface area (Å²) in [5.41, 5.74) is 0. The van der Waals surface area contributed by atoms with Gasteiger partial charge in [-0.25, -0.2) is 0 Å². The highest BCUT2D eigenvalue weighted by Crippen LogP contribution is 2.25. The third-order valence-corrected chi connectivity index (χ3v) is 4.03. The van der Waals surface area contributed by atoms with Crippen molar-refractivity contribution in [2.45, 2.75) is 38.6 Å². The van der Waals surface area contributed by atoms with Gasteiger partial charge in [-0.3, -0.25) is 4.79 Å². The Morgan fingerprint density at radius 2 is 2.06 bits per heavy atom. The summed E-state index contributed by atoms with van der Waals surface area (Å²) in [4.78, 5) is 16.2. The molecule has 0 spiro atoms. The number of hydrogen-bond donors (Lipinski definition) is 1. The van der Waals surface area contributed by atoms with Crippen LogP contribution in [0.4, 0.5) is 0 Å². The number of nitrogens with one attached hydrogen (secondary N) is 1. The average molecular weight is 253 g/mol. The van der Waals surface area contributed by atoms with Gasteiger partial charge in [-0.15, -0.1) is 0 Å². The largest absolute Gasteiger partial charge is 0.342 e. The molecule has 2 aliphatic rings. The lowest BCUT2D eigenvalue weighted by Crippen LogP contribution is -2.39. The molecule has 0 aromatic carbocycles. The van der Waals surface area contributed by atoms with Gasteiger partial charge in [0.25, 0.3) is 0 Å². The molecule has 2 rings (SSSR count). The number of amides is 1. The molecule has 1 unspecified atom stereocenters. The van der Waals surface area contributed by atoms with Gasteiger partial charge < -0.3 is 15.1 Å². The molecular formula is C14H27N3O. The van der Waals surface area contributed by atoms with E-state index in [1.165, 1.54) is 45.3 Å². The smallest absolute Gasteiger partial charge is 0.236 e. The van der Waals surface area contributed by atoms with Crippen LogP contribution in [0.25, 0.3) is 0 Å². The lowest BCUT2D eigenvalue weighted by molar-refractivity contribution is -0.129. The molecule has 4 nitrogen and oxygen atoms in total. The highest BCUT2D eigenvalue weighted by atomic mass is 16.2. The Hall–Kier alpha value is -0.610. The van der Waals surface area contributed by atoms with Gasteiger partial charge in [0.1, 0.15) is 0 Å². The normalized spacial score (nSPS) is 22.1. The van der Waals surface area contributed by atoms with Crippen LogP contribution >= 0.6 is 0 Å². The predicted molar refractivity (Wildman–Crippen MR) is 73.5 cm³/mol. The van der Waals surface area contributed by atoms with E-state index >= 15 is 0 Å². The minimum atomic E-state index is 0.242. The summed E-state index contributed by atoms with van der Waals surface area (Å²) in [5.74, 6) is 0.869. The van der Waals surface area contributed by atoms with Gasteiger partial charge in [0.15, 0.2) is 0 Å². The van der Waals surface area contributed by atoms with E-state index in [9.17, 15) is 4.79 Å². The molecule has 18 heavy (non-hydrogen) atoms. The van der Waals surface area contributed by atoms with Crippen molar-refractivity contribution < 1.29 is 4.79 Å². The highest BCUT2D eigenvalue weighted by molar-refractivity contribution is 5.78. The van der Waals surface area contributed by atoms with Crippen molar-refractivity contribution in [3.8, 4) is 0 Å². The maximum Gasteiger partial charge on any atom is 0.236 e. The number of hydrogen-bond acceptors (Lipinski definition) is 3. The van der Waals surface area contributed by atoms with Gasteiger partial charge in [-0.1, -0.05) is 6.92 Å². The Bertz CT molecular complexity index is 272. The molecule has 0 aromatic rings. The molecule has 2 fully saturated rings. The highest BCUT2D eigenvalue weighted by Gasteiger charge is 2.29. The summed E-state index contributed by atoms with van der Waals surface area (Å²) in [6, 6.07) is 0.529. The Balaban J connectivity index is 1.54. The number of carbonyl (C=O) groups is 1. The summed E-state index contributed by atoms with van der Waals surface area (Å²) < 4.78 is 0. The summed E-state index contributed by atoms with van der Waals surface area (Å²) in [5, 5.41) is 3.30. The van der Waals surface area contributed by atoms with Crippen LogP contribution in [0.3, 0.4) is 0 Å². The Morgan fingerprint density at radius 1 is 1.39 bits per heavy atom. The van der Waals surface area contributed by atoms with E-state index in [0.717, 1.165) is 6.54 Å². The van der Waals surface area contributed by atoms with Gasteiger partial charge >= 0.3 is 0 Å². The summed E-state index contributed by atoms with van der Waals surface area (Å²) in [6.07, 6.45) is 5.08. The molecule has 4 heteroatoms. The fraction of sp³-hybridized carbons (Fsp3) is 0.929. The lowest BCUT2D eigenvalue weighted by atomic mass is 10.1. The Kier molecular flexibility index (Phi) is 5.01. The van der Waals surface area contributed by atoms with Crippen molar-refractivity contribution in [1.29, 1.82) is 0 Å². The molecular weight excluding hydrogens is 226 g/mol. The van der Waals surface area contributed by atoms with E-state index in [4.69, 9.17) is 0 Å². The number of carbonyl (C=O) groups excluding carboxylic acids is 1. The minimum Gasteiger partial charge on any atom is -0.342 e. The van der Waals surface area contributed by atoms with Crippen molar-refractivity contribution in [3.05, 3.63) is 0 Å². The topological polar surface area (TPSA) is 35.6 Å². The zero-order valence-electron chi connectivity index (χ0n) is 11.8. The Morgan fingerprint density at radius 3 is 2.67 bits per heavy atom. The first-order valence-electron chi connectivity index (χ1n) is 7.35. The Labute approximate surface area is 111 Å². The minimum absolute atomic E-state index is 0.242. The van der Waals surface area contributed by atoms with E-state index in [2.05, 4.69) is 17.1 Å². The maximum absolute atomic E-state index is 11.8. The molecule has 1 heterocycles. The molecule has 1 saturated heterocycles. The zero-order valence-corrected chi connectivity index (χ0v) is 11.8. The van der Waals surface area contributed by atoms with Gasteiger partial charge in [-0.2, -0.15) is 0 Å². The number of likely N-dealkylation sites (tertiary alicyclic amines) is 1. The van der Waals surface area contributed by atoms with Crippen LogP contribution in [0, 0.1) is 5.92 Å². The van der Waals surface area contributed by atoms with Crippen molar-refractivity contribution in [2.24, 2.45) is 5.92 Å². The molecule has 0 aromatic heterocycles. The fourth-order valence-corrected chi connectivity index (χ4v) is 2.69. The molecule has 1 aliphatic carbocycles. The number of likely N-dealkylation sites (N-methyl/N-ethyl adjacent to an activating group) is 1. The van der Waals surface area contributed by atoms with Crippen molar-refractivity contribution >= 4 is 5.91 Å². The maximum atomic E-state index is 11.8. The van der Waals surface area contributed by atoms with E-state index in [1.807, 2.05) is 11.9 Å². The van der Waals surface area contributed by atoms with Gasteiger partial charge in [0, 0.05) is 19.6 Å². The van der Waals surface area contributed by atoms with Crippen LogP contribution in [-0.2, 0) is 4.79 Å². The van der Waals surface area contributed by atoms with Crippen LogP contribution in [0.15, 0.2) is 0 Å². The van der Waals surface area contributed by atoms with Gasteiger partial charge in [0.05, 0.1) is 6.54 Å². The van der Waals surface area contributed by atoms with Crippen LogP contribution in [-0.4, -0.2) is 61.5 Å². The number of nitrogens with zero attached hydrogens (tertiary/aromatic N) is 2. The van der Waals surface area contributed by atoms with Crippen LogP contribution in [0.5, 0.6) is 0 Å². The number of rotatable bonds is 7. The molecule has 1 aliphatic heterocycles. The summed E-state index contributed by atoms with van der Waals surface area (Å²) in [7, 11) is 1.93. The quantitative estimate of drug-likeness (QED) is 0.733. The molecule has 1 N–H and O–H groups in total. The monoisotopic (exact) mass is 253 g/mol. The first-order valence-corrected chi connectivity index (χ1v) is 7.35. The predicted octanol–water partition coefficient (Wildman–Crippen LogP) is 0.929. The SMILES string of the molecule is CC(CNCC(=O)N(C)C1CC1)CN1CCCC1. The van der Waals surface area contributed by atoms with E-state index in [0.29, 0.717) is 18.5 Å². The van der Waals surface area contributed by atoms with Crippen LogP contribution < -0.4 is 5.32 Å². The third-order valence-electron chi connectivity index (χ3n) is 4.03.